The number of hydrogen-bond acceptors (Lipinski definition) is 3. The Balaban J connectivity index is 2.31. The van der Waals surface area contributed by atoms with E-state index in [0.717, 1.165) is 24.2 Å². The minimum Gasteiger partial charge on any atom is -0.359 e. The van der Waals surface area contributed by atoms with Crippen molar-refractivity contribution >= 4 is 5.96 Å². The van der Waals surface area contributed by atoms with Crippen LogP contribution in [0.4, 0.5) is 0 Å². The van der Waals surface area contributed by atoms with Crippen LogP contribution in [0.2, 0.25) is 0 Å². The van der Waals surface area contributed by atoms with Crippen LogP contribution in [0, 0.1) is 18.4 Å². The van der Waals surface area contributed by atoms with Crippen molar-refractivity contribution in [3.8, 4) is 6.19 Å². The van der Waals surface area contributed by atoms with Gasteiger partial charge in [-0.2, -0.15) is 5.26 Å². The quantitative estimate of drug-likeness (QED) is 0.224. The van der Waals surface area contributed by atoms with Crippen LogP contribution in [0.1, 0.15) is 17.8 Å². The first-order valence-corrected chi connectivity index (χ1v) is 5.14. The van der Waals surface area contributed by atoms with E-state index in [1.165, 1.54) is 0 Å². The molecule has 1 aromatic rings. The fraction of sp³-hybridized carbons (Fsp3) is 0.500. The molecule has 0 atom stereocenters. The summed E-state index contributed by atoms with van der Waals surface area (Å²) < 4.78 is 0. The van der Waals surface area contributed by atoms with Crippen LogP contribution in [-0.4, -0.2) is 29.5 Å². The molecule has 0 amide bonds. The highest BCUT2D eigenvalue weighted by atomic mass is 15.1. The van der Waals surface area contributed by atoms with Crippen molar-refractivity contribution in [2.75, 3.05) is 13.6 Å². The van der Waals surface area contributed by atoms with E-state index in [4.69, 9.17) is 5.26 Å². The third kappa shape index (κ3) is 3.61. The standard InChI is InChI=1S/C10H16N6/c1-8-9(16-7-15-8)4-3-5-13-10(12-2)14-6-11/h7H,3-5H2,1-2H3,(H,15,16)(H2,12,13,14). The lowest BCUT2D eigenvalue weighted by Gasteiger charge is -2.01. The summed E-state index contributed by atoms with van der Waals surface area (Å²) in [6.45, 7) is 2.67. The number of aromatic nitrogens is 2. The van der Waals surface area contributed by atoms with Crippen LogP contribution in [0.25, 0.3) is 0 Å². The number of H-pyrrole nitrogens is 1. The molecule has 86 valence electrons. The molecule has 6 nitrogen and oxygen atoms in total. The second-order valence-electron chi connectivity index (χ2n) is 3.29. The molecule has 0 aromatic carbocycles. The molecule has 0 unspecified atom stereocenters. The maximum atomic E-state index is 8.41. The zero-order chi connectivity index (χ0) is 11.8. The lowest BCUT2D eigenvalue weighted by Crippen LogP contribution is -2.31. The van der Waals surface area contributed by atoms with E-state index < -0.39 is 0 Å². The van der Waals surface area contributed by atoms with Gasteiger partial charge in [-0.3, -0.25) is 10.3 Å². The van der Waals surface area contributed by atoms with Crippen molar-refractivity contribution in [2.45, 2.75) is 19.8 Å². The smallest absolute Gasteiger partial charge is 0.204 e. The van der Waals surface area contributed by atoms with E-state index in [2.05, 4.69) is 25.6 Å². The third-order valence-corrected chi connectivity index (χ3v) is 2.19. The summed E-state index contributed by atoms with van der Waals surface area (Å²) in [7, 11) is 1.72. The molecule has 1 rings (SSSR count). The van der Waals surface area contributed by atoms with Crippen molar-refractivity contribution < 1.29 is 0 Å². The van der Waals surface area contributed by atoms with Crippen LogP contribution in [0.15, 0.2) is 11.3 Å². The number of aryl methyl sites for hydroxylation is 2. The summed E-state index contributed by atoms with van der Waals surface area (Å²) in [4.78, 5) is 11.4. The minimum atomic E-state index is 0.501. The summed E-state index contributed by atoms with van der Waals surface area (Å²) in [5.41, 5.74) is 2.18. The van der Waals surface area contributed by atoms with Gasteiger partial charge in [-0.1, -0.05) is 0 Å². The molecule has 0 aliphatic rings. The van der Waals surface area contributed by atoms with E-state index in [-0.39, 0.29) is 0 Å². The molecule has 0 saturated heterocycles. The van der Waals surface area contributed by atoms with E-state index >= 15 is 0 Å². The Hall–Kier alpha value is -2.03. The first-order valence-electron chi connectivity index (χ1n) is 5.14. The highest BCUT2D eigenvalue weighted by molar-refractivity contribution is 5.80. The number of hydrogen-bond donors (Lipinski definition) is 3. The van der Waals surface area contributed by atoms with Crippen molar-refractivity contribution in [1.29, 1.82) is 5.26 Å². The summed E-state index contributed by atoms with van der Waals surface area (Å²) in [5.74, 6) is 0.501. The van der Waals surface area contributed by atoms with Gasteiger partial charge in [0, 0.05) is 19.3 Å². The minimum absolute atomic E-state index is 0.501. The predicted molar refractivity (Wildman–Crippen MR) is 61.8 cm³/mol. The zero-order valence-electron chi connectivity index (χ0n) is 9.54. The molecule has 0 bridgehead atoms. The van der Waals surface area contributed by atoms with E-state index in [1.807, 2.05) is 13.1 Å². The first-order chi connectivity index (χ1) is 7.77. The average Bonchev–Trinajstić information content (AvgIpc) is 2.69. The maximum Gasteiger partial charge on any atom is 0.204 e. The highest BCUT2D eigenvalue weighted by Gasteiger charge is 2.00. The lowest BCUT2D eigenvalue weighted by molar-refractivity contribution is 0.802. The van der Waals surface area contributed by atoms with E-state index in [0.29, 0.717) is 12.5 Å². The Labute approximate surface area is 94.8 Å². The van der Waals surface area contributed by atoms with Crippen LogP contribution >= 0.6 is 0 Å². The Kier molecular flexibility index (Phi) is 4.86. The van der Waals surface area contributed by atoms with Gasteiger partial charge in [-0.25, -0.2) is 4.98 Å². The van der Waals surface area contributed by atoms with Gasteiger partial charge in [-0.05, 0) is 19.8 Å². The Morgan fingerprint density at radius 1 is 1.69 bits per heavy atom. The number of nitriles is 1. The number of nitrogens with one attached hydrogen (secondary N) is 3. The molecular formula is C10H16N6. The second kappa shape index (κ2) is 6.45. The van der Waals surface area contributed by atoms with Crippen molar-refractivity contribution in [3.05, 3.63) is 17.7 Å². The molecule has 0 spiro atoms. The lowest BCUT2D eigenvalue weighted by atomic mass is 10.2. The van der Waals surface area contributed by atoms with Gasteiger partial charge in [0.25, 0.3) is 0 Å². The molecule has 6 heteroatoms. The second-order valence-corrected chi connectivity index (χ2v) is 3.29. The topological polar surface area (TPSA) is 88.9 Å². The fourth-order valence-electron chi connectivity index (χ4n) is 1.31. The van der Waals surface area contributed by atoms with E-state index in [9.17, 15) is 0 Å². The number of nitrogens with zero attached hydrogens (tertiary/aromatic N) is 3. The third-order valence-electron chi connectivity index (χ3n) is 2.19. The van der Waals surface area contributed by atoms with Crippen LogP contribution in [-0.2, 0) is 6.42 Å². The molecule has 1 heterocycles. The average molecular weight is 220 g/mol. The van der Waals surface area contributed by atoms with Crippen molar-refractivity contribution in [3.63, 3.8) is 0 Å². The SMILES string of the molecule is CN/C(=N/CCCc1nc[nH]c1C)NC#N. The Morgan fingerprint density at radius 2 is 2.50 bits per heavy atom. The molecule has 0 aliphatic heterocycles. The number of aliphatic imine (C=N–C) groups is 1. The summed E-state index contributed by atoms with van der Waals surface area (Å²) in [6.07, 6.45) is 5.32. The van der Waals surface area contributed by atoms with E-state index in [1.54, 1.807) is 13.4 Å². The zero-order valence-corrected chi connectivity index (χ0v) is 9.54. The van der Waals surface area contributed by atoms with Crippen LogP contribution in [0.5, 0.6) is 0 Å². The maximum absolute atomic E-state index is 8.41. The highest BCUT2D eigenvalue weighted by Crippen LogP contribution is 2.03. The van der Waals surface area contributed by atoms with Gasteiger partial charge < -0.3 is 10.3 Å². The monoisotopic (exact) mass is 220 g/mol. The summed E-state index contributed by atoms with van der Waals surface area (Å²) >= 11 is 0. The molecule has 0 fully saturated rings. The van der Waals surface area contributed by atoms with Gasteiger partial charge in [0.1, 0.15) is 0 Å². The Morgan fingerprint density at radius 3 is 3.06 bits per heavy atom. The predicted octanol–water partition coefficient (Wildman–Crippen LogP) is 0.297. The van der Waals surface area contributed by atoms with Gasteiger partial charge in [-0.15, -0.1) is 0 Å². The largest absolute Gasteiger partial charge is 0.359 e. The first kappa shape index (κ1) is 12.0. The summed E-state index contributed by atoms with van der Waals surface area (Å²) in [6, 6.07) is 0. The number of imidazole rings is 1. The van der Waals surface area contributed by atoms with Gasteiger partial charge in [0.05, 0.1) is 12.0 Å². The van der Waals surface area contributed by atoms with Gasteiger partial charge in [0.15, 0.2) is 6.19 Å². The van der Waals surface area contributed by atoms with Crippen molar-refractivity contribution in [1.82, 2.24) is 20.6 Å². The Bertz CT molecular complexity index is 386. The molecule has 0 radical (unpaired) electrons. The molecule has 3 N–H and O–H groups in total. The normalized spacial score (nSPS) is 10.9. The molecule has 0 aliphatic carbocycles. The molecule has 0 saturated carbocycles. The van der Waals surface area contributed by atoms with Gasteiger partial charge >= 0.3 is 0 Å². The summed E-state index contributed by atoms with van der Waals surface area (Å²) in [5, 5.41) is 13.7. The number of aromatic amines is 1. The molecular weight excluding hydrogens is 204 g/mol. The molecule has 1 aromatic heterocycles. The number of rotatable bonds is 4. The van der Waals surface area contributed by atoms with Gasteiger partial charge in [0.2, 0.25) is 5.96 Å². The number of guanidine groups is 1. The van der Waals surface area contributed by atoms with Crippen LogP contribution < -0.4 is 10.6 Å². The van der Waals surface area contributed by atoms with Crippen molar-refractivity contribution in [2.24, 2.45) is 4.99 Å². The molecule has 16 heavy (non-hydrogen) atoms. The fourth-order valence-corrected chi connectivity index (χ4v) is 1.31. The van der Waals surface area contributed by atoms with Crippen LogP contribution in [0.3, 0.4) is 0 Å².